The lowest BCUT2D eigenvalue weighted by atomic mass is 10.4. The van der Waals surface area contributed by atoms with E-state index >= 15 is 0 Å². The van der Waals surface area contributed by atoms with E-state index in [9.17, 15) is 0 Å². The van der Waals surface area contributed by atoms with Crippen LogP contribution in [0.15, 0.2) is 0 Å². The molecule has 1 saturated heterocycles. The van der Waals surface area contributed by atoms with Gasteiger partial charge in [-0.25, -0.2) is 0 Å². The highest BCUT2D eigenvalue weighted by atomic mass is 15.2. The Balaban J connectivity index is 0. The first kappa shape index (κ1) is 14.0. The largest absolute Gasteiger partial charge is 0.314 e. The Hall–Kier alpha value is -0.590. The summed E-state index contributed by atoms with van der Waals surface area (Å²) in [5.41, 5.74) is 0. The van der Waals surface area contributed by atoms with Crippen LogP contribution in [0.1, 0.15) is 20.8 Å². The quantitative estimate of drug-likeness (QED) is 0.592. The van der Waals surface area contributed by atoms with E-state index in [1.165, 1.54) is 20.0 Å². The number of hydrogen-bond acceptors (Lipinski definition) is 3. The predicted molar refractivity (Wildman–Crippen MR) is 53.0 cm³/mol. The Bertz CT molecular complexity index is 101. The Kier molecular flexibility index (Phi) is 15.2. The third-order valence-corrected chi connectivity index (χ3v) is 1.34. The standard InChI is InChI=1S/C5H12N2.C2H3N.C2H6/c1-7-4-2-6-3-5-7;1-2-3;1-2/h6H,2-5H2,1H3;1H3;1-2H3. The van der Waals surface area contributed by atoms with Crippen LogP contribution in [0.2, 0.25) is 0 Å². The molecule has 3 nitrogen and oxygen atoms in total. The van der Waals surface area contributed by atoms with E-state index in [2.05, 4.69) is 17.3 Å². The molecule has 0 aromatic heterocycles. The lowest BCUT2D eigenvalue weighted by Gasteiger charge is -2.21. The van der Waals surface area contributed by atoms with Gasteiger partial charge < -0.3 is 10.2 Å². The average Bonchev–Trinajstić information content (AvgIpc) is 2.11. The van der Waals surface area contributed by atoms with E-state index in [1.54, 1.807) is 6.07 Å². The molecule has 0 aromatic rings. The molecule has 0 aromatic carbocycles. The minimum atomic E-state index is 1.16. The molecule has 0 unspecified atom stereocenters. The van der Waals surface area contributed by atoms with Crippen LogP contribution in [0.25, 0.3) is 0 Å². The van der Waals surface area contributed by atoms with Gasteiger partial charge in [-0.15, -0.1) is 0 Å². The molecule has 0 saturated carbocycles. The maximum absolute atomic E-state index is 7.32. The average molecular weight is 171 g/mol. The lowest BCUT2D eigenvalue weighted by molar-refractivity contribution is 0.291. The Morgan fingerprint density at radius 2 is 1.58 bits per heavy atom. The molecular weight excluding hydrogens is 150 g/mol. The van der Waals surface area contributed by atoms with Crippen LogP contribution in [0.3, 0.4) is 0 Å². The fraction of sp³-hybridized carbons (Fsp3) is 0.889. The summed E-state index contributed by atoms with van der Waals surface area (Å²) in [7, 11) is 2.15. The molecule has 0 spiro atoms. The number of rotatable bonds is 0. The van der Waals surface area contributed by atoms with Gasteiger partial charge in [0, 0.05) is 33.1 Å². The first-order chi connectivity index (χ1) is 5.81. The van der Waals surface area contributed by atoms with Crippen LogP contribution in [0.4, 0.5) is 0 Å². The molecule has 12 heavy (non-hydrogen) atoms. The number of hydrogen-bond donors (Lipinski definition) is 1. The number of nitrogens with one attached hydrogen (secondary N) is 1. The smallest absolute Gasteiger partial charge is 0.0587 e. The van der Waals surface area contributed by atoms with E-state index in [0.29, 0.717) is 0 Å². The fourth-order valence-electron chi connectivity index (χ4n) is 0.777. The van der Waals surface area contributed by atoms with Gasteiger partial charge in [-0.2, -0.15) is 5.26 Å². The zero-order valence-electron chi connectivity index (χ0n) is 8.72. The van der Waals surface area contributed by atoms with Crippen molar-refractivity contribution >= 4 is 0 Å². The van der Waals surface area contributed by atoms with Crippen molar-refractivity contribution in [3.63, 3.8) is 0 Å². The molecule has 1 aliphatic rings. The van der Waals surface area contributed by atoms with Gasteiger partial charge in [-0.05, 0) is 7.05 Å². The summed E-state index contributed by atoms with van der Waals surface area (Å²) < 4.78 is 0. The summed E-state index contributed by atoms with van der Waals surface area (Å²) in [5.74, 6) is 0. The van der Waals surface area contributed by atoms with Gasteiger partial charge in [-0.1, -0.05) is 13.8 Å². The summed E-state index contributed by atoms with van der Waals surface area (Å²) >= 11 is 0. The first-order valence-corrected chi connectivity index (χ1v) is 4.51. The van der Waals surface area contributed by atoms with Crippen LogP contribution < -0.4 is 5.32 Å². The molecule has 0 bridgehead atoms. The predicted octanol–water partition coefficient (Wildman–Crippen LogP) is 1.08. The fourth-order valence-corrected chi connectivity index (χ4v) is 0.777. The second-order valence-electron chi connectivity index (χ2n) is 2.28. The molecular formula is C9H21N3. The summed E-state index contributed by atoms with van der Waals surface area (Å²) in [6.45, 7) is 10.2. The number of nitrogens with zero attached hydrogens (tertiary/aromatic N) is 2. The van der Waals surface area contributed by atoms with Gasteiger partial charge in [0.25, 0.3) is 0 Å². The van der Waals surface area contributed by atoms with Gasteiger partial charge >= 0.3 is 0 Å². The van der Waals surface area contributed by atoms with Gasteiger partial charge in [-0.3, -0.25) is 0 Å². The monoisotopic (exact) mass is 171 g/mol. The number of piperazine rings is 1. The SMILES string of the molecule is CC.CC#N.CN1CCNCC1. The van der Waals surface area contributed by atoms with Gasteiger partial charge in [0.15, 0.2) is 0 Å². The van der Waals surface area contributed by atoms with E-state index in [1.807, 2.05) is 13.8 Å². The maximum atomic E-state index is 7.32. The highest BCUT2D eigenvalue weighted by Crippen LogP contribution is 1.82. The third kappa shape index (κ3) is 12.1. The van der Waals surface area contributed by atoms with Crippen molar-refractivity contribution in [3.05, 3.63) is 0 Å². The zero-order chi connectivity index (χ0) is 9.82. The third-order valence-electron chi connectivity index (χ3n) is 1.34. The van der Waals surface area contributed by atoms with Crippen molar-refractivity contribution < 1.29 is 0 Å². The number of nitriles is 1. The molecule has 0 amide bonds. The first-order valence-electron chi connectivity index (χ1n) is 4.51. The molecule has 1 heterocycles. The topological polar surface area (TPSA) is 39.1 Å². The lowest BCUT2D eigenvalue weighted by Crippen LogP contribution is -2.40. The van der Waals surface area contributed by atoms with Crippen molar-refractivity contribution in [2.24, 2.45) is 0 Å². The van der Waals surface area contributed by atoms with Crippen molar-refractivity contribution in [2.75, 3.05) is 33.2 Å². The van der Waals surface area contributed by atoms with Crippen molar-refractivity contribution in [2.45, 2.75) is 20.8 Å². The van der Waals surface area contributed by atoms with Gasteiger partial charge in [0.05, 0.1) is 6.07 Å². The minimum absolute atomic E-state index is 1.16. The van der Waals surface area contributed by atoms with Gasteiger partial charge in [0.2, 0.25) is 0 Å². The van der Waals surface area contributed by atoms with E-state index < -0.39 is 0 Å². The second-order valence-corrected chi connectivity index (χ2v) is 2.28. The van der Waals surface area contributed by atoms with Crippen molar-refractivity contribution in [3.8, 4) is 6.07 Å². The summed E-state index contributed by atoms with van der Waals surface area (Å²) in [6.07, 6.45) is 0. The van der Waals surface area contributed by atoms with Crippen LogP contribution >= 0.6 is 0 Å². The molecule has 1 fully saturated rings. The normalized spacial score (nSPS) is 15.9. The van der Waals surface area contributed by atoms with Crippen molar-refractivity contribution in [1.82, 2.24) is 10.2 Å². The van der Waals surface area contributed by atoms with E-state index in [4.69, 9.17) is 5.26 Å². The molecule has 1 N–H and O–H groups in total. The highest BCUT2D eigenvalue weighted by molar-refractivity contribution is 4.62. The van der Waals surface area contributed by atoms with Crippen LogP contribution in [-0.4, -0.2) is 38.1 Å². The van der Waals surface area contributed by atoms with Crippen molar-refractivity contribution in [1.29, 1.82) is 5.26 Å². The Labute approximate surface area is 76.4 Å². The Morgan fingerprint density at radius 3 is 1.75 bits per heavy atom. The highest BCUT2D eigenvalue weighted by Gasteiger charge is 2.01. The van der Waals surface area contributed by atoms with E-state index in [-0.39, 0.29) is 0 Å². The van der Waals surface area contributed by atoms with Crippen LogP contribution in [-0.2, 0) is 0 Å². The molecule has 1 rings (SSSR count). The van der Waals surface area contributed by atoms with E-state index in [0.717, 1.165) is 13.1 Å². The molecule has 3 heteroatoms. The summed E-state index contributed by atoms with van der Waals surface area (Å²) in [5, 5.41) is 10.6. The molecule has 0 aliphatic carbocycles. The zero-order valence-corrected chi connectivity index (χ0v) is 8.72. The molecule has 1 aliphatic heterocycles. The second kappa shape index (κ2) is 13.0. The van der Waals surface area contributed by atoms with Crippen LogP contribution in [0.5, 0.6) is 0 Å². The molecule has 0 atom stereocenters. The molecule has 72 valence electrons. The maximum Gasteiger partial charge on any atom is 0.0587 e. The summed E-state index contributed by atoms with van der Waals surface area (Å²) in [4.78, 5) is 2.33. The Morgan fingerprint density at radius 1 is 1.25 bits per heavy atom. The summed E-state index contributed by atoms with van der Waals surface area (Å²) in [6, 6.07) is 1.75. The van der Waals surface area contributed by atoms with Crippen LogP contribution in [0, 0.1) is 11.3 Å². The molecule has 0 radical (unpaired) electrons. The van der Waals surface area contributed by atoms with Gasteiger partial charge in [0.1, 0.15) is 0 Å². The minimum Gasteiger partial charge on any atom is -0.314 e. The number of likely N-dealkylation sites (N-methyl/N-ethyl adjacent to an activating group) is 1.